The van der Waals surface area contributed by atoms with Crippen LogP contribution in [-0.2, 0) is 6.42 Å². The van der Waals surface area contributed by atoms with Gasteiger partial charge in [-0.15, -0.1) is 0 Å². The molecule has 0 unspecified atom stereocenters. The Morgan fingerprint density at radius 3 is 2.73 bits per heavy atom. The second-order valence-electron chi connectivity index (χ2n) is 3.87. The van der Waals surface area contributed by atoms with Crippen molar-refractivity contribution < 1.29 is 0 Å². The first-order valence-electron chi connectivity index (χ1n) is 5.39. The molecular weight excluding hydrogens is 190 g/mol. The molecule has 0 atom stereocenters. The fraction of sp³-hybridized carbons (Fsp3) is 0.600. The van der Waals surface area contributed by atoms with Crippen LogP contribution in [0.25, 0.3) is 0 Å². The molecule has 82 valence electrons. The molecule has 1 aromatic heterocycles. The zero-order valence-corrected chi connectivity index (χ0v) is 8.95. The van der Waals surface area contributed by atoms with Gasteiger partial charge in [0, 0.05) is 12.1 Å². The Balaban J connectivity index is 2.12. The van der Waals surface area contributed by atoms with Crippen molar-refractivity contribution in [1.29, 1.82) is 0 Å². The number of nitrogens with zero attached hydrogens (tertiary/aromatic N) is 2. The first-order chi connectivity index (χ1) is 7.35. The van der Waals surface area contributed by atoms with Crippen LogP contribution in [0.15, 0.2) is 6.33 Å². The maximum Gasteiger partial charge on any atom is 0.148 e. The molecule has 0 radical (unpaired) electrons. The van der Waals surface area contributed by atoms with Crippen molar-refractivity contribution in [3.8, 4) is 0 Å². The minimum atomic E-state index is 0.714. The van der Waals surface area contributed by atoms with E-state index in [9.17, 15) is 0 Å². The summed E-state index contributed by atoms with van der Waals surface area (Å²) in [5.74, 6) is 7.85. The van der Waals surface area contributed by atoms with Gasteiger partial charge in [-0.1, -0.05) is 6.92 Å². The third-order valence-electron chi connectivity index (χ3n) is 2.69. The smallest absolute Gasteiger partial charge is 0.148 e. The molecule has 0 aromatic carbocycles. The van der Waals surface area contributed by atoms with E-state index in [0.29, 0.717) is 5.82 Å². The van der Waals surface area contributed by atoms with Gasteiger partial charge in [0.2, 0.25) is 0 Å². The molecule has 1 aliphatic rings. The number of hydrogen-bond acceptors (Lipinski definition) is 5. The van der Waals surface area contributed by atoms with Gasteiger partial charge >= 0.3 is 0 Å². The highest BCUT2D eigenvalue weighted by molar-refractivity contribution is 5.56. The molecule has 5 nitrogen and oxygen atoms in total. The molecule has 0 saturated heterocycles. The van der Waals surface area contributed by atoms with Gasteiger partial charge in [0.05, 0.1) is 0 Å². The largest absolute Gasteiger partial charge is 0.369 e. The van der Waals surface area contributed by atoms with Crippen molar-refractivity contribution in [3.05, 3.63) is 11.9 Å². The van der Waals surface area contributed by atoms with E-state index in [0.717, 1.165) is 30.3 Å². The Bertz CT molecular complexity index is 335. The lowest BCUT2D eigenvalue weighted by Gasteiger charge is -2.12. The molecule has 1 aliphatic carbocycles. The minimum Gasteiger partial charge on any atom is -0.369 e. The second kappa shape index (κ2) is 4.44. The lowest BCUT2D eigenvalue weighted by atomic mass is 10.2. The van der Waals surface area contributed by atoms with Gasteiger partial charge in [-0.2, -0.15) is 0 Å². The molecule has 5 heteroatoms. The van der Waals surface area contributed by atoms with Gasteiger partial charge < -0.3 is 10.7 Å². The van der Waals surface area contributed by atoms with Crippen LogP contribution >= 0.6 is 0 Å². The monoisotopic (exact) mass is 207 g/mol. The van der Waals surface area contributed by atoms with E-state index in [1.165, 1.54) is 19.2 Å². The highest BCUT2D eigenvalue weighted by Gasteiger charge is 2.21. The van der Waals surface area contributed by atoms with Crippen LogP contribution in [-0.4, -0.2) is 16.5 Å². The zero-order chi connectivity index (χ0) is 10.7. The van der Waals surface area contributed by atoms with Crippen LogP contribution in [0, 0.1) is 5.92 Å². The van der Waals surface area contributed by atoms with E-state index in [2.05, 4.69) is 27.6 Å². The van der Waals surface area contributed by atoms with Crippen molar-refractivity contribution in [1.82, 2.24) is 9.97 Å². The molecule has 0 aliphatic heterocycles. The minimum absolute atomic E-state index is 0.714. The summed E-state index contributed by atoms with van der Waals surface area (Å²) in [5, 5.41) is 3.35. The highest BCUT2D eigenvalue weighted by atomic mass is 15.3. The van der Waals surface area contributed by atoms with E-state index in [4.69, 9.17) is 5.84 Å². The Kier molecular flexibility index (Phi) is 3.01. The topological polar surface area (TPSA) is 75.9 Å². The third-order valence-corrected chi connectivity index (χ3v) is 2.69. The van der Waals surface area contributed by atoms with Crippen LogP contribution in [0.3, 0.4) is 0 Å². The van der Waals surface area contributed by atoms with Crippen molar-refractivity contribution in [2.45, 2.75) is 26.2 Å². The van der Waals surface area contributed by atoms with Crippen molar-refractivity contribution in [2.24, 2.45) is 11.8 Å². The fourth-order valence-corrected chi connectivity index (χ4v) is 1.59. The van der Waals surface area contributed by atoms with E-state index in [1.807, 2.05) is 0 Å². The van der Waals surface area contributed by atoms with Crippen LogP contribution < -0.4 is 16.6 Å². The zero-order valence-electron chi connectivity index (χ0n) is 8.95. The number of nitrogens with two attached hydrogens (primary N) is 1. The summed E-state index contributed by atoms with van der Waals surface area (Å²) in [6, 6.07) is 0. The predicted octanol–water partition coefficient (Wildman–Crippen LogP) is 1.15. The van der Waals surface area contributed by atoms with Crippen LogP contribution in [0.5, 0.6) is 0 Å². The lowest BCUT2D eigenvalue weighted by molar-refractivity contribution is 0.874. The first kappa shape index (κ1) is 10.2. The molecule has 1 fully saturated rings. The van der Waals surface area contributed by atoms with Crippen LogP contribution in [0.1, 0.15) is 25.3 Å². The van der Waals surface area contributed by atoms with Gasteiger partial charge in [0.1, 0.15) is 18.0 Å². The third kappa shape index (κ3) is 2.36. The highest BCUT2D eigenvalue weighted by Crippen LogP contribution is 2.29. The summed E-state index contributed by atoms with van der Waals surface area (Å²) in [4.78, 5) is 8.32. The SMILES string of the molecule is CCc1c(NN)ncnc1NCC1CC1. The first-order valence-corrected chi connectivity index (χ1v) is 5.39. The standard InChI is InChI=1S/C10H17N5/c1-2-8-9(12-5-7-3-4-7)13-6-14-10(8)15-11/h6-7H,2-5,11H2,1H3,(H2,12,13,14,15). The molecule has 2 rings (SSSR count). The average Bonchev–Trinajstić information content (AvgIpc) is 3.09. The van der Waals surface area contributed by atoms with Gasteiger partial charge in [-0.25, -0.2) is 15.8 Å². The Hall–Kier alpha value is -1.36. The molecule has 1 heterocycles. The van der Waals surface area contributed by atoms with Gasteiger partial charge in [0.25, 0.3) is 0 Å². The van der Waals surface area contributed by atoms with E-state index in [1.54, 1.807) is 0 Å². The summed E-state index contributed by atoms with van der Waals surface area (Å²) < 4.78 is 0. The number of nitrogens with one attached hydrogen (secondary N) is 2. The number of aromatic nitrogens is 2. The van der Waals surface area contributed by atoms with Crippen molar-refractivity contribution >= 4 is 11.6 Å². The van der Waals surface area contributed by atoms with Crippen molar-refractivity contribution in [3.63, 3.8) is 0 Å². The van der Waals surface area contributed by atoms with Crippen LogP contribution in [0.2, 0.25) is 0 Å². The quantitative estimate of drug-likeness (QED) is 0.499. The second-order valence-corrected chi connectivity index (χ2v) is 3.87. The molecule has 0 spiro atoms. The number of hydrogen-bond donors (Lipinski definition) is 3. The summed E-state index contributed by atoms with van der Waals surface area (Å²) in [6.45, 7) is 3.08. The normalized spacial score (nSPS) is 15.1. The Labute approximate surface area is 89.5 Å². The maximum absolute atomic E-state index is 5.40. The maximum atomic E-state index is 5.40. The molecular formula is C10H17N5. The van der Waals surface area contributed by atoms with Gasteiger partial charge in [0.15, 0.2) is 0 Å². The predicted molar refractivity (Wildman–Crippen MR) is 60.4 cm³/mol. The number of rotatable bonds is 5. The Morgan fingerprint density at radius 1 is 1.40 bits per heavy atom. The molecule has 1 saturated carbocycles. The molecule has 1 aromatic rings. The molecule has 15 heavy (non-hydrogen) atoms. The van der Waals surface area contributed by atoms with Gasteiger partial charge in [-0.3, -0.25) is 0 Å². The molecule has 0 bridgehead atoms. The number of nitrogen functional groups attached to an aromatic ring is 1. The van der Waals surface area contributed by atoms with E-state index < -0.39 is 0 Å². The van der Waals surface area contributed by atoms with E-state index in [-0.39, 0.29) is 0 Å². The summed E-state index contributed by atoms with van der Waals surface area (Å²) in [7, 11) is 0. The fourth-order valence-electron chi connectivity index (χ4n) is 1.59. The van der Waals surface area contributed by atoms with E-state index >= 15 is 0 Å². The summed E-state index contributed by atoms with van der Waals surface area (Å²) >= 11 is 0. The van der Waals surface area contributed by atoms with Crippen LogP contribution in [0.4, 0.5) is 11.6 Å². The number of hydrazine groups is 1. The lowest BCUT2D eigenvalue weighted by Crippen LogP contribution is -2.14. The average molecular weight is 207 g/mol. The van der Waals surface area contributed by atoms with Crippen molar-refractivity contribution in [2.75, 3.05) is 17.3 Å². The molecule has 4 N–H and O–H groups in total. The van der Waals surface area contributed by atoms with Gasteiger partial charge in [-0.05, 0) is 25.2 Å². The molecule has 0 amide bonds. The Morgan fingerprint density at radius 2 is 2.13 bits per heavy atom. The summed E-state index contributed by atoms with van der Waals surface area (Å²) in [5.41, 5.74) is 3.66. The number of anilines is 2. The summed E-state index contributed by atoms with van der Waals surface area (Å²) in [6.07, 6.45) is 5.07.